The van der Waals surface area contributed by atoms with E-state index in [1.165, 1.54) is 4.90 Å². The molecule has 1 fully saturated rings. The molecule has 9 heteroatoms. The summed E-state index contributed by atoms with van der Waals surface area (Å²) in [7, 11) is 3.25. The minimum absolute atomic E-state index is 0.103. The van der Waals surface area contributed by atoms with E-state index in [-0.39, 0.29) is 31.2 Å². The number of aromatic nitrogens is 2. The molecule has 1 aromatic heterocycles. The molecule has 2 heterocycles. The van der Waals surface area contributed by atoms with Gasteiger partial charge >= 0.3 is 0 Å². The van der Waals surface area contributed by atoms with E-state index in [0.29, 0.717) is 30.2 Å². The predicted molar refractivity (Wildman–Crippen MR) is 132 cm³/mol. The number of benzene rings is 2. The third-order valence-electron chi connectivity index (χ3n) is 6.36. The number of hydrogen-bond acceptors (Lipinski definition) is 6. The van der Waals surface area contributed by atoms with Crippen LogP contribution in [0.4, 0.5) is 0 Å². The molecule has 0 unspecified atom stereocenters. The fraction of sp³-hybridized carbons (Fsp3) is 0.346. The van der Waals surface area contributed by atoms with Crippen molar-refractivity contribution in [2.24, 2.45) is 0 Å². The number of carbonyl (C=O) groups excluding carboxylic acids is 3. The van der Waals surface area contributed by atoms with Gasteiger partial charge in [0.15, 0.2) is 0 Å². The fourth-order valence-electron chi connectivity index (χ4n) is 4.55. The van der Waals surface area contributed by atoms with Gasteiger partial charge < -0.3 is 9.64 Å². The highest BCUT2D eigenvalue weighted by Crippen LogP contribution is 2.43. The second kappa shape index (κ2) is 10.5. The van der Waals surface area contributed by atoms with Gasteiger partial charge in [-0.1, -0.05) is 35.9 Å². The summed E-state index contributed by atoms with van der Waals surface area (Å²) in [6, 6.07) is 12.6. The number of halogens is 1. The smallest absolute Gasteiger partial charge is 0.240 e. The molecule has 0 saturated carbocycles. The number of methoxy groups -OCH3 is 1. The number of likely N-dealkylation sites (tertiary alicyclic amines) is 1. The maximum atomic E-state index is 13.7. The molecule has 1 atom stereocenters. The average molecular weight is 495 g/mol. The molecule has 8 nitrogen and oxygen atoms in total. The minimum atomic E-state index is -1.34. The minimum Gasteiger partial charge on any atom is -0.385 e. The van der Waals surface area contributed by atoms with Gasteiger partial charge in [-0.15, -0.1) is 0 Å². The van der Waals surface area contributed by atoms with Crippen LogP contribution in [0.1, 0.15) is 30.4 Å². The van der Waals surface area contributed by atoms with E-state index in [1.807, 2.05) is 18.2 Å². The van der Waals surface area contributed by atoms with Crippen LogP contribution in [0.15, 0.2) is 54.9 Å². The van der Waals surface area contributed by atoms with Gasteiger partial charge in [0.25, 0.3) is 0 Å². The topological polar surface area (TPSA) is 92.7 Å². The van der Waals surface area contributed by atoms with E-state index in [4.69, 9.17) is 16.3 Å². The quantitative estimate of drug-likeness (QED) is 0.334. The molecule has 1 aliphatic rings. The van der Waals surface area contributed by atoms with Crippen molar-refractivity contribution >= 4 is 40.4 Å². The Hall–Kier alpha value is -3.36. The van der Waals surface area contributed by atoms with Crippen LogP contribution in [-0.4, -0.2) is 64.8 Å². The summed E-state index contributed by atoms with van der Waals surface area (Å²) in [6.07, 6.45) is 3.50. The lowest BCUT2D eigenvalue weighted by Gasteiger charge is -2.30. The van der Waals surface area contributed by atoms with Crippen LogP contribution < -0.4 is 0 Å². The monoisotopic (exact) mass is 494 g/mol. The van der Waals surface area contributed by atoms with Crippen molar-refractivity contribution in [2.45, 2.75) is 31.2 Å². The molecule has 2 aromatic carbocycles. The molecule has 1 aliphatic heterocycles. The van der Waals surface area contributed by atoms with Crippen molar-refractivity contribution in [3.05, 3.63) is 71.0 Å². The van der Waals surface area contributed by atoms with E-state index in [1.54, 1.807) is 55.7 Å². The van der Waals surface area contributed by atoms with E-state index in [0.717, 1.165) is 16.6 Å². The largest absolute Gasteiger partial charge is 0.385 e. The highest BCUT2D eigenvalue weighted by Gasteiger charge is 2.54. The Bertz CT molecular complexity index is 1270. The normalized spacial score (nSPS) is 17.9. The zero-order valence-electron chi connectivity index (χ0n) is 19.7. The zero-order chi connectivity index (χ0) is 25.0. The second-order valence-corrected chi connectivity index (χ2v) is 9.15. The molecule has 182 valence electrons. The molecular weight excluding hydrogens is 468 g/mol. The summed E-state index contributed by atoms with van der Waals surface area (Å²) in [4.78, 5) is 51.4. The summed E-state index contributed by atoms with van der Waals surface area (Å²) in [6.45, 7) is 0.984. The van der Waals surface area contributed by atoms with Crippen molar-refractivity contribution in [3.63, 3.8) is 0 Å². The highest BCUT2D eigenvalue weighted by molar-refractivity contribution is 6.32. The van der Waals surface area contributed by atoms with Gasteiger partial charge in [-0.05, 0) is 35.7 Å². The van der Waals surface area contributed by atoms with Gasteiger partial charge in [0.05, 0.1) is 16.4 Å². The number of hydrogen-bond donors (Lipinski definition) is 0. The first kappa shape index (κ1) is 24.8. The van der Waals surface area contributed by atoms with E-state index >= 15 is 0 Å². The Morgan fingerprint density at radius 1 is 1.14 bits per heavy atom. The Morgan fingerprint density at radius 2 is 1.89 bits per heavy atom. The van der Waals surface area contributed by atoms with Crippen molar-refractivity contribution in [1.29, 1.82) is 0 Å². The Morgan fingerprint density at radius 3 is 2.63 bits per heavy atom. The molecule has 0 radical (unpaired) electrons. The SMILES string of the molecule is COCCCN1C(=O)C[C@@](CC(=O)N(C)Cc2ccc3nccnc3c2)(c2ccccc2Cl)C1=O. The number of fused-ring (bicyclic) bond motifs is 1. The molecule has 35 heavy (non-hydrogen) atoms. The maximum Gasteiger partial charge on any atom is 0.240 e. The van der Waals surface area contributed by atoms with Gasteiger partial charge in [0, 0.05) is 64.1 Å². The number of amides is 3. The van der Waals surface area contributed by atoms with Gasteiger partial charge in [0.2, 0.25) is 17.7 Å². The number of nitrogens with zero attached hydrogens (tertiary/aromatic N) is 4. The number of imide groups is 1. The summed E-state index contributed by atoms with van der Waals surface area (Å²) >= 11 is 6.49. The Balaban J connectivity index is 1.59. The van der Waals surface area contributed by atoms with Crippen molar-refractivity contribution in [3.8, 4) is 0 Å². The standard InChI is InChI=1S/C26H27ClN4O4/c1-30(17-18-8-9-21-22(14-18)29-11-10-28-21)23(32)15-26(19-6-3-4-7-20(19)27)16-24(33)31(25(26)34)12-5-13-35-2/h3-4,6-11,14H,5,12-13,15-17H2,1-2H3/t26-/m0/s1. The first-order valence-electron chi connectivity index (χ1n) is 11.4. The predicted octanol–water partition coefficient (Wildman–Crippen LogP) is 3.37. The van der Waals surface area contributed by atoms with E-state index in [9.17, 15) is 14.4 Å². The molecule has 0 N–H and O–H groups in total. The second-order valence-electron chi connectivity index (χ2n) is 8.74. The number of rotatable bonds is 9. The van der Waals surface area contributed by atoms with Gasteiger partial charge in [-0.2, -0.15) is 0 Å². The van der Waals surface area contributed by atoms with Crippen LogP contribution in [0, 0.1) is 0 Å². The Kier molecular flexibility index (Phi) is 7.42. The third kappa shape index (κ3) is 5.04. The molecular formula is C26H27ClN4O4. The lowest BCUT2D eigenvalue weighted by molar-refractivity contribution is -0.142. The first-order chi connectivity index (χ1) is 16.9. The molecule has 3 amide bonds. The summed E-state index contributed by atoms with van der Waals surface area (Å²) in [5, 5.41) is 0.357. The molecule has 4 rings (SSSR count). The summed E-state index contributed by atoms with van der Waals surface area (Å²) in [5.74, 6) is -0.965. The molecule has 0 spiro atoms. The molecule has 0 bridgehead atoms. The molecule has 1 saturated heterocycles. The molecule has 0 aliphatic carbocycles. The van der Waals surface area contributed by atoms with Crippen LogP contribution in [-0.2, 0) is 31.1 Å². The van der Waals surface area contributed by atoms with Crippen molar-refractivity contribution in [2.75, 3.05) is 27.3 Å². The van der Waals surface area contributed by atoms with Crippen LogP contribution >= 0.6 is 11.6 Å². The highest BCUT2D eigenvalue weighted by atomic mass is 35.5. The Labute approximate surface area is 208 Å². The first-order valence-corrected chi connectivity index (χ1v) is 11.8. The molecule has 3 aromatic rings. The van der Waals surface area contributed by atoms with Crippen molar-refractivity contribution < 1.29 is 19.1 Å². The maximum absolute atomic E-state index is 13.7. The number of ether oxygens (including phenoxy) is 1. The third-order valence-corrected chi connectivity index (χ3v) is 6.69. The van der Waals surface area contributed by atoms with Gasteiger partial charge in [-0.25, -0.2) is 0 Å². The summed E-state index contributed by atoms with van der Waals surface area (Å²) in [5.41, 5.74) is 1.55. The lowest BCUT2D eigenvalue weighted by atomic mass is 9.75. The van der Waals surface area contributed by atoms with Crippen LogP contribution in [0.25, 0.3) is 11.0 Å². The van der Waals surface area contributed by atoms with Gasteiger partial charge in [0.1, 0.15) is 0 Å². The lowest BCUT2D eigenvalue weighted by Crippen LogP contribution is -2.43. The van der Waals surface area contributed by atoms with E-state index in [2.05, 4.69) is 9.97 Å². The van der Waals surface area contributed by atoms with Crippen LogP contribution in [0.3, 0.4) is 0 Å². The zero-order valence-corrected chi connectivity index (χ0v) is 20.5. The van der Waals surface area contributed by atoms with Crippen LogP contribution in [0.2, 0.25) is 5.02 Å². The summed E-state index contributed by atoms with van der Waals surface area (Å²) < 4.78 is 5.07. The van der Waals surface area contributed by atoms with Gasteiger partial charge in [-0.3, -0.25) is 29.3 Å². The number of carbonyl (C=O) groups is 3. The average Bonchev–Trinajstić information content (AvgIpc) is 3.09. The van der Waals surface area contributed by atoms with E-state index < -0.39 is 11.3 Å². The van der Waals surface area contributed by atoms with Crippen LogP contribution in [0.5, 0.6) is 0 Å². The fourth-order valence-corrected chi connectivity index (χ4v) is 4.87. The van der Waals surface area contributed by atoms with Crippen molar-refractivity contribution in [1.82, 2.24) is 19.8 Å².